The molecule has 0 saturated carbocycles. The molecule has 0 heterocycles. The largest absolute Gasteiger partial charge is 0.456 e. The van der Waals surface area contributed by atoms with Gasteiger partial charge in [-0.25, -0.2) is 13.6 Å². The Morgan fingerprint density at radius 3 is 2.43 bits per heavy atom. The van der Waals surface area contributed by atoms with E-state index in [1.54, 1.807) is 12.1 Å². The van der Waals surface area contributed by atoms with Gasteiger partial charge in [0, 0.05) is 13.0 Å². The van der Waals surface area contributed by atoms with Crippen molar-refractivity contribution in [2.75, 3.05) is 13.2 Å². The van der Waals surface area contributed by atoms with Gasteiger partial charge in [0.1, 0.15) is 0 Å². The predicted molar refractivity (Wildman–Crippen MR) is 85.0 cm³/mol. The lowest BCUT2D eigenvalue weighted by Crippen LogP contribution is -2.29. The number of ether oxygens (including phenoxy) is 1. The second kappa shape index (κ2) is 9.26. The molecule has 0 aliphatic carbocycles. The highest BCUT2D eigenvalue weighted by Gasteiger charge is 2.09. The molecule has 0 aromatic heterocycles. The molecule has 1 aromatic rings. The van der Waals surface area contributed by atoms with Gasteiger partial charge >= 0.3 is 5.97 Å². The van der Waals surface area contributed by atoms with Crippen molar-refractivity contribution >= 4 is 21.9 Å². The van der Waals surface area contributed by atoms with Gasteiger partial charge < -0.3 is 10.1 Å². The van der Waals surface area contributed by atoms with Crippen LogP contribution in [-0.2, 0) is 30.8 Å². The molecule has 1 aromatic carbocycles. The van der Waals surface area contributed by atoms with Crippen LogP contribution < -0.4 is 10.5 Å². The van der Waals surface area contributed by atoms with Crippen molar-refractivity contribution in [1.82, 2.24) is 5.32 Å². The van der Waals surface area contributed by atoms with E-state index >= 15 is 0 Å². The van der Waals surface area contributed by atoms with Crippen LogP contribution in [0.1, 0.15) is 31.7 Å². The number of esters is 1. The summed E-state index contributed by atoms with van der Waals surface area (Å²) in [6, 6.07) is 5.95. The van der Waals surface area contributed by atoms with E-state index in [9.17, 15) is 18.0 Å². The number of hydrogen-bond acceptors (Lipinski definition) is 5. The molecular formula is C15H22N2O5S. The standard InChI is InChI=1S/C15H22N2O5S/c1-2-3-10-17-14(18)11-22-15(19)9-6-12-4-7-13(8-5-12)23(16,20)21/h4-5,7-8H,2-3,6,9-11H2,1H3,(H,17,18)(H2,16,20,21). The average Bonchev–Trinajstić information content (AvgIpc) is 2.50. The molecule has 0 bridgehead atoms. The number of carbonyl (C=O) groups is 2. The molecule has 0 unspecified atom stereocenters. The van der Waals surface area contributed by atoms with Crippen LogP contribution in [0.15, 0.2) is 29.2 Å². The summed E-state index contributed by atoms with van der Waals surface area (Å²) in [7, 11) is -3.71. The first-order valence-electron chi connectivity index (χ1n) is 7.37. The third kappa shape index (κ3) is 7.75. The number of nitrogens with one attached hydrogen (secondary N) is 1. The molecular weight excluding hydrogens is 320 g/mol. The predicted octanol–water partition coefficient (Wildman–Crippen LogP) is 0.726. The summed E-state index contributed by atoms with van der Waals surface area (Å²) in [5.74, 6) is -0.796. The summed E-state index contributed by atoms with van der Waals surface area (Å²) >= 11 is 0. The van der Waals surface area contributed by atoms with Crippen molar-refractivity contribution in [1.29, 1.82) is 0 Å². The number of unbranched alkanes of at least 4 members (excludes halogenated alkanes) is 1. The van der Waals surface area contributed by atoms with Gasteiger partial charge in [-0.2, -0.15) is 0 Å². The Morgan fingerprint density at radius 1 is 1.22 bits per heavy atom. The van der Waals surface area contributed by atoms with Crippen LogP contribution >= 0.6 is 0 Å². The minimum atomic E-state index is -3.71. The maximum Gasteiger partial charge on any atom is 0.306 e. The van der Waals surface area contributed by atoms with Gasteiger partial charge in [-0.15, -0.1) is 0 Å². The Balaban J connectivity index is 2.32. The number of aryl methyl sites for hydroxylation is 1. The molecule has 128 valence electrons. The highest BCUT2D eigenvalue weighted by molar-refractivity contribution is 7.89. The molecule has 0 saturated heterocycles. The van der Waals surface area contributed by atoms with Crippen LogP contribution in [0.5, 0.6) is 0 Å². The third-order valence-corrected chi connectivity index (χ3v) is 4.02. The summed E-state index contributed by atoms with van der Waals surface area (Å²) in [6.07, 6.45) is 2.36. The van der Waals surface area contributed by atoms with E-state index in [0.717, 1.165) is 18.4 Å². The molecule has 1 rings (SSSR count). The van der Waals surface area contributed by atoms with Gasteiger partial charge in [-0.3, -0.25) is 9.59 Å². The van der Waals surface area contributed by atoms with Crippen LogP contribution in [-0.4, -0.2) is 33.4 Å². The molecule has 0 atom stereocenters. The molecule has 0 fully saturated rings. The first-order valence-corrected chi connectivity index (χ1v) is 8.91. The molecule has 0 aliphatic heterocycles. The number of sulfonamides is 1. The van der Waals surface area contributed by atoms with Gasteiger partial charge in [-0.1, -0.05) is 25.5 Å². The molecule has 0 spiro atoms. The van der Waals surface area contributed by atoms with E-state index in [2.05, 4.69) is 5.32 Å². The van der Waals surface area contributed by atoms with Crippen LogP contribution in [0.2, 0.25) is 0 Å². The van der Waals surface area contributed by atoms with Gasteiger partial charge in [0.25, 0.3) is 5.91 Å². The van der Waals surface area contributed by atoms with Crippen LogP contribution in [0.25, 0.3) is 0 Å². The minimum Gasteiger partial charge on any atom is -0.456 e. The lowest BCUT2D eigenvalue weighted by Gasteiger charge is -2.06. The van der Waals surface area contributed by atoms with Crippen LogP contribution in [0.3, 0.4) is 0 Å². The minimum absolute atomic E-state index is 0.0209. The number of nitrogens with two attached hydrogens (primary N) is 1. The van der Waals surface area contributed by atoms with Crippen molar-refractivity contribution in [2.24, 2.45) is 5.14 Å². The van der Waals surface area contributed by atoms with E-state index in [-0.39, 0.29) is 23.8 Å². The van der Waals surface area contributed by atoms with Gasteiger partial charge in [0.05, 0.1) is 4.90 Å². The lowest BCUT2D eigenvalue weighted by atomic mass is 10.1. The number of amides is 1. The first-order chi connectivity index (χ1) is 10.8. The second-order valence-electron chi connectivity index (χ2n) is 5.05. The highest BCUT2D eigenvalue weighted by atomic mass is 32.2. The summed E-state index contributed by atoms with van der Waals surface area (Å²) in [6.45, 7) is 2.30. The molecule has 23 heavy (non-hydrogen) atoms. The number of carbonyl (C=O) groups excluding carboxylic acids is 2. The summed E-state index contributed by atoms with van der Waals surface area (Å²) in [4.78, 5) is 23.0. The number of hydrogen-bond donors (Lipinski definition) is 2. The molecule has 8 heteroatoms. The quantitative estimate of drug-likeness (QED) is 0.507. The van der Waals surface area contributed by atoms with Crippen molar-refractivity contribution in [3.8, 4) is 0 Å². The highest BCUT2D eigenvalue weighted by Crippen LogP contribution is 2.10. The molecule has 0 aliphatic rings. The van der Waals surface area contributed by atoms with Gasteiger partial charge in [0.2, 0.25) is 10.0 Å². The number of primary sulfonamides is 1. The fraction of sp³-hybridized carbons (Fsp3) is 0.467. The van der Waals surface area contributed by atoms with E-state index in [1.165, 1.54) is 12.1 Å². The Bertz CT molecular complexity index is 626. The maximum atomic E-state index is 11.6. The van der Waals surface area contributed by atoms with Crippen LogP contribution in [0.4, 0.5) is 0 Å². The zero-order valence-corrected chi connectivity index (χ0v) is 13.9. The molecule has 0 radical (unpaired) electrons. The third-order valence-electron chi connectivity index (χ3n) is 3.09. The average molecular weight is 342 g/mol. The molecule has 7 nitrogen and oxygen atoms in total. The number of rotatable bonds is 9. The van der Waals surface area contributed by atoms with E-state index in [0.29, 0.717) is 13.0 Å². The van der Waals surface area contributed by atoms with Crippen LogP contribution in [0, 0.1) is 0 Å². The molecule has 1 amide bonds. The summed E-state index contributed by atoms with van der Waals surface area (Å²) in [5, 5.41) is 7.65. The van der Waals surface area contributed by atoms with Crippen molar-refractivity contribution < 1.29 is 22.7 Å². The van der Waals surface area contributed by atoms with Crippen molar-refractivity contribution in [3.63, 3.8) is 0 Å². The smallest absolute Gasteiger partial charge is 0.306 e. The Hall–Kier alpha value is -1.93. The Kier molecular flexibility index (Phi) is 7.70. The normalized spacial score (nSPS) is 11.0. The van der Waals surface area contributed by atoms with Gasteiger partial charge in [0.15, 0.2) is 6.61 Å². The summed E-state index contributed by atoms with van der Waals surface area (Å²) < 4.78 is 27.1. The fourth-order valence-electron chi connectivity index (χ4n) is 1.77. The van der Waals surface area contributed by atoms with E-state index in [4.69, 9.17) is 9.88 Å². The zero-order chi connectivity index (χ0) is 17.3. The van der Waals surface area contributed by atoms with E-state index < -0.39 is 16.0 Å². The first kappa shape index (κ1) is 19.1. The van der Waals surface area contributed by atoms with Gasteiger partial charge in [-0.05, 0) is 30.5 Å². The van der Waals surface area contributed by atoms with Crippen molar-refractivity contribution in [3.05, 3.63) is 29.8 Å². The van der Waals surface area contributed by atoms with E-state index in [1.807, 2.05) is 6.92 Å². The van der Waals surface area contributed by atoms with Crippen molar-refractivity contribution in [2.45, 2.75) is 37.5 Å². The topological polar surface area (TPSA) is 116 Å². The maximum absolute atomic E-state index is 11.6. The zero-order valence-electron chi connectivity index (χ0n) is 13.1. The SMILES string of the molecule is CCCCNC(=O)COC(=O)CCc1ccc(S(N)(=O)=O)cc1. The Morgan fingerprint density at radius 2 is 1.87 bits per heavy atom. The fourth-order valence-corrected chi connectivity index (χ4v) is 2.28. The monoisotopic (exact) mass is 342 g/mol. The lowest BCUT2D eigenvalue weighted by molar-refractivity contribution is -0.148. The summed E-state index contributed by atoms with van der Waals surface area (Å²) in [5.41, 5.74) is 0.779. The number of benzene rings is 1. The second-order valence-corrected chi connectivity index (χ2v) is 6.61. The Labute approximate surface area is 136 Å². The molecule has 3 N–H and O–H groups in total.